The average molecular weight is 254 g/mol. The van der Waals surface area contributed by atoms with Crippen LogP contribution < -0.4 is 0 Å². The van der Waals surface area contributed by atoms with Crippen LogP contribution in [0.3, 0.4) is 0 Å². The van der Waals surface area contributed by atoms with Crippen molar-refractivity contribution in [3.05, 3.63) is 38.9 Å². The molecule has 0 N–H and O–H groups in total. The van der Waals surface area contributed by atoms with Gasteiger partial charge in [0.1, 0.15) is 0 Å². The molecule has 0 bridgehead atoms. The van der Waals surface area contributed by atoms with Crippen LogP contribution in [0, 0.1) is 21.4 Å². The maximum atomic E-state index is 10.8. The molecule has 90 valence electrons. The molecule has 0 aromatic heterocycles. The van der Waals surface area contributed by atoms with E-state index in [-0.39, 0.29) is 12.2 Å². The summed E-state index contributed by atoms with van der Waals surface area (Å²) >= 11 is 5.82. The van der Waals surface area contributed by atoms with Gasteiger partial charge in [0.05, 0.1) is 17.5 Å². The summed E-state index contributed by atoms with van der Waals surface area (Å²) < 4.78 is 0. The van der Waals surface area contributed by atoms with Gasteiger partial charge in [0.15, 0.2) is 0 Å². The van der Waals surface area contributed by atoms with E-state index in [4.69, 9.17) is 16.9 Å². The first-order valence-electron chi connectivity index (χ1n) is 5.10. The highest BCUT2D eigenvalue weighted by Crippen LogP contribution is 2.23. The summed E-state index contributed by atoms with van der Waals surface area (Å²) in [5.41, 5.74) is 0.561. The van der Waals surface area contributed by atoms with E-state index in [9.17, 15) is 10.1 Å². The Kier molecular flexibility index (Phi) is 4.88. The van der Waals surface area contributed by atoms with E-state index < -0.39 is 4.92 Å². The van der Waals surface area contributed by atoms with E-state index in [0.717, 1.165) is 0 Å². The molecule has 0 radical (unpaired) electrons. The van der Waals surface area contributed by atoms with Gasteiger partial charge in [-0.15, -0.1) is 0 Å². The van der Waals surface area contributed by atoms with Crippen molar-refractivity contribution in [2.45, 2.75) is 13.5 Å². The Morgan fingerprint density at radius 1 is 1.59 bits per heavy atom. The lowest BCUT2D eigenvalue weighted by Gasteiger charge is -2.16. The minimum Gasteiger partial charge on any atom is -0.286 e. The Balaban J connectivity index is 2.99. The number of hydrogen-bond acceptors (Lipinski definition) is 4. The Bertz CT molecular complexity index is 457. The minimum atomic E-state index is -0.439. The van der Waals surface area contributed by atoms with Gasteiger partial charge in [-0.25, -0.2) is 0 Å². The summed E-state index contributed by atoms with van der Waals surface area (Å²) in [6.07, 6.45) is 0. The Labute approximate surface area is 104 Å². The first-order valence-corrected chi connectivity index (χ1v) is 5.48. The molecule has 0 aliphatic heterocycles. The van der Waals surface area contributed by atoms with Gasteiger partial charge in [-0.3, -0.25) is 15.0 Å². The van der Waals surface area contributed by atoms with Crippen LogP contribution in [0.5, 0.6) is 0 Å². The van der Waals surface area contributed by atoms with Crippen molar-refractivity contribution in [2.75, 3.05) is 13.1 Å². The molecule has 0 unspecified atom stereocenters. The van der Waals surface area contributed by atoms with Crippen molar-refractivity contribution < 1.29 is 4.92 Å². The molecule has 17 heavy (non-hydrogen) atoms. The number of rotatable bonds is 5. The predicted octanol–water partition coefficient (Wildman–Crippen LogP) is 2.59. The predicted molar refractivity (Wildman–Crippen MR) is 64.7 cm³/mol. The third-order valence-electron chi connectivity index (χ3n) is 2.37. The van der Waals surface area contributed by atoms with Crippen LogP contribution in [0.1, 0.15) is 12.5 Å². The van der Waals surface area contributed by atoms with Gasteiger partial charge >= 0.3 is 0 Å². The smallest absolute Gasteiger partial charge is 0.273 e. The van der Waals surface area contributed by atoms with Crippen LogP contribution in [0.4, 0.5) is 5.69 Å². The van der Waals surface area contributed by atoms with Gasteiger partial charge in [0.25, 0.3) is 5.69 Å². The molecule has 0 fully saturated rings. The molecule has 0 aliphatic rings. The molecular formula is C11H12ClN3O2. The second-order valence-electron chi connectivity index (χ2n) is 3.49. The van der Waals surface area contributed by atoms with E-state index in [1.54, 1.807) is 11.0 Å². The lowest BCUT2D eigenvalue weighted by Crippen LogP contribution is -2.23. The fourth-order valence-electron chi connectivity index (χ4n) is 1.48. The Hall–Kier alpha value is -1.64. The average Bonchev–Trinajstić information content (AvgIpc) is 2.28. The summed E-state index contributed by atoms with van der Waals surface area (Å²) in [4.78, 5) is 12.2. The highest BCUT2D eigenvalue weighted by atomic mass is 35.5. The monoisotopic (exact) mass is 253 g/mol. The zero-order valence-electron chi connectivity index (χ0n) is 9.39. The largest absolute Gasteiger partial charge is 0.286 e. The molecule has 0 heterocycles. The lowest BCUT2D eigenvalue weighted by molar-refractivity contribution is -0.385. The lowest BCUT2D eigenvalue weighted by atomic mass is 10.1. The number of hydrogen-bond donors (Lipinski definition) is 0. The summed E-state index contributed by atoms with van der Waals surface area (Å²) in [6.45, 7) is 3.13. The molecule has 1 aromatic carbocycles. The maximum absolute atomic E-state index is 10.8. The number of nitro groups is 1. The van der Waals surface area contributed by atoms with Crippen LogP contribution in [0.15, 0.2) is 18.2 Å². The van der Waals surface area contributed by atoms with Gasteiger partial charge < -0.3 is 0 Å². The van der Waals surface area contributed by atoms with E-state index in [2.05, 4.69) is 0 Å². The summed E-state index contributed by atoms with van der Waals surface area (Å²) in [5, 5.41) is 19.9. The van der Waals surface area contributed by atoms with E-state index in [0.29, 0.717) is 23.7 Å². The highest BCUT2D eigenvalue weighted by molar-refractivity contribution is 6.30. The summed E-state index contributed by atoms with van der Waals surface area (Å²) in [6, 6.07) is 6.47. The van der Waals surface area contributed by atoms with Gasteiger partial charge in [-0.2, -0.15) is 5.26 Å². The van der Waals surface area contributed by atoms with Gasteiger partial charge in [0, 0.05) is 23.2 Å². The molecule has 0 spiro atoms. The van der Waals surface area contributed by atoms with Crippen molar-refractivity contribution in [3.63, 3.8) is 0 Å². The van der Waals surface area contributed by atoms with Crippen molar-refractivity contribution >= 4 is 17.3 Å². The summed E-state index contributed by atoms with van der Waals surface area (Å²) in [5.74, 6) is 0. The van der Waals surface area contributed by atoms with Gasteiger partial charge in [0.2, 0.25) is 0 Å². The zero-order chi connectivity index (χ0) is 12.8. The van der Waals surface area contributed by atoms with E-state index in [1.165, 1.54) is 12.1 Å². The number of nitro benzene ring substituents is 1. The quantitative estimate of drug-likeness (QED) is 0.459. The number of nitrogens with zero attached hydrogens (tertiary/aromatic N) is 3. The second-order valence-corrected chi connectivity index (χ2v) is 3.93. The van der Waals surface area contributed by atoms with Crippen molar-refractivity contribution in [2.24, 2.45) is 0 Å². The van der Waals surface area contributed by atoms with E-state index >= 15 is 0 Å². The van der Waals surface area contributed by atoms with Crippen LogP contribution in [0.2, 0.25) is 5.02 Å². The maximum Gasteiger partial charge on any atom is 0.273 e. The Morgan fingerprint density at radius 2 is 2.29 bits per heavy atom. The highest BCUT2D eigenvalue weighted by Gasteiger charge is 2.16. The topological polar surface area (TPSA) is 70.2 Å². The van der Waals surface area contributed by atoms with Crippen LogP contribution in [-0.4, -0.2) is 22.9 Å². The van der Waals surface area contributed by atoms with Crippen LogP contribution >= 0.6 is 11.6 Å². The molecular weight excluding hydrogens is 242 g/mol. The standard InChI is InChI=1S/C11H12ClN3O2/c1-2-14(6-5-13)8-9-7-10(12)3-4-11(9)15(16)17/h3-4,7H,2,6,8H2,1H3. The normalized spacial score (nSPS) is 10.2. The van der Waals surface area contributed by atoms with Crippen LogP contribution in [-0.2, 0) is 6.54 Å². The molecule has 0 amide bonds. The summed E-state index contributed by atoms with van der Waals surface area (Å²) in [7, 11) is 0. The molecule has 1 rings (SSSR count). The number of halogens is 1. The minimum absolute atomic E-state index is 0.0331. The first-order chi connectivity index (χ1) is 8.08. The van der Waals surface area contributed by atoms with Crippen molar-refractivity contribution in [1.82, 2.24) is 4.90 Å². The molecule has 0 aliphatic carbocycles. The Morgan fingerprint density at radius 3 is 2.82 bits per heavy atom. The first kappa shape index (κ1) is 13.4. The third kappa shape index (κ3) is 3.70. The fourth-order valence-corrected chi connectivity index (χ4v) is 1.67. The van der Waals surface area contributed by atoms with Crippen molar-refractivity contribution in [3.8, 4) is 6.07 Å². The van der Waals surface area contributed by atoms with E-state index in [1.807, 2.05) is 13.0 Å². The molecule has 1 aromatic rings. The van der Waals surface area contributed by atoms with Crippen molar-refractivity contribution in [1.29, 1.82) is 5.26 Å². The molecule has 0 saturated heterocycles. The van der Waals surface area contributed by atoms with Gasteiger partial charge in [-0.1, -0.05) is 18.5 Å². The third-order valence-corrected chi connectivity index (χ3v) is 2.61. The van der Waals surface area contributed by atoms with Gasteiger partial charge in [-0.05, 0) is 18.7 Å². The molecule has 0 saturated carbocycles. The zero-order valence-corrected chi connectivity index (χ0v) is 10.1. The SMILES string of the molecule is CCN(CC#N)Cc1cc(Cl)ccc1[N+](=O)[O-]. The fraction of sp³-hybridized carbons (Fsp3) is 0.364. The number of nitriles is 1. The molecule has 5 nitrogen and oxygen atoms in total. The van der Waals surface area contributed by atoms with Crippen LogP contribution in [0.25, 0.3) is 0 Å². The molecule has 0 atom stereocenters. The number of benzene rings is 1. The second kappa shape index (κ2) is 6.18. The molecule has 6 heteroatoms.